The summed E-state index contributed by atoms with van der Waals surface area (Å²) in [4.78, 5) is 10.9. The second kappa shape index (κ2) is 13.3. The van der Waals surface area contributed by atoms with Crippen LogP contribution in [0.25, 0.3) is 89.2 Å². The van der Waals surface area contributed by atoms with Gasteiger partial charge in [-0.15, -0.1) is 0 Å². The van der Waals surface area contributed by atoms with Crippen LogP contribution in [0.4, 0.5) is 0 Å². The van der Waals surface area contributed by atoms with Gasteiger partial charge >= 0.3 is 0 Å². The van der Waals surface area contributed by atoms with Crippen LogP contribution in [0.5, 0.6) is 0 Å². The van der Waals surface area contributed by atoms with Gasteiger partial charge in [-0.1, -0.05) is 177 Å². The Hall–Kier alpha value is -6.68. The average Bonchev–Trinajstić information content (AvgIpc) is 3.50. The van der Waals surface area contributed by atoms with Crippen LogP contribution in [0.3, 0.4) is 0 Å². The minimum Gasteiger partial charge on any atom is -0.228 e. The molecule has 9 aromatic rings. The van der Waals surface area contributed by atoms with Gasteiger partial charge in [0.2, 0.25) is 0 Å². The largest absolute Gasteiger partial charge is 0.228 e. The van der Waals surface area contributed by atoms with Crippen molar-refractivity contribution in [3.8, 4) is 78.4 Å². The Bertz CT molecular complexity index is 2820. The summed E-state index contributed by atoms with van der Waals surface area (Å²) in [5.74, 6) is 0.754. The van der Waals surface area contributed by atoms with Gasteiger partial charge in [-0.2, -0.15) is 0 Å². The monoisotopic (exact) mass is 718 g/mol. The van der Waals surface area contributed by atoms with Gasteiger partial charge in [-0.3, -0.25) is 0 Å². The molecule has 0 atom stereocenters. The molecule has 10 rings (SSSR count). The minimum absolute atomic E-state index is 0.754. The van der Waals surface area contributed by atoms with E-state index in [0.29, 0.717) is 0 Å². The summed E-state index contributed by atoms with van der Waals surface area (Å²) in [6.45, 7) is 4.93. The Labute approximate surface area is 323 Å². The Morgan fingerprint density at radius 1 is 0.327 bits per heavy atom. The molecule has 0 fully saturated rings. The first kappa shape index (κ1) is 32.9. The maximum Gasteiger partial charge on any atom is 0.160 e. The van der Waals surface area contributed by atoms with Crippen LogP contribution in [0, 0.1) is 0 Å². The zero-order valence-electron chi connectivity index (χ0n) is 30.9. The molecule has 8 aromatic carbocycles. The maximum atomic E-state index is 5.45. The fourth-order valence-electron chi connectivity index (χ4n) is 8.55. The van der Waals surface area contributed by atoms with Crippen LogP contribution in [0.1, 0.15) is 0 Å². The zero-order chi connectivity index (χ0) is 36.9. The molecule has 3 heteroatoms. The maximum absolute atomic E-state index is 5.45. The molecular weight excluding hydrogens is 681 g/mol. The molecule has 2 heterocycles. The molecular formula is C52H38N2Si. The van der Waals surface area contributed by atoms with E-state index in [1.807, 2.05) is 0 Å². The van der Waals surface area contributed by atoms with Crippen LogP contribution in [0.2, 0.25) is 13.1 Å². The average molecular weight is 719 g/mol. The number of fused-ring (bicyclic) bond motifs is 5. The number of nitrogens with zero attached hydrogens (tertiary/aromatic N) is 2. The lowest BCUT2D eigenvalue weighted by Crippen LogP contribution is -2.50. The van der Waals surface area contributed by atoms with Crippen LogP contribution in [-0.4, -0.2) is 18.0 Å². The summed E-state index contributed by atoms with van der Waals surface area (Å²) in [5.41, 5.74) is 15.0. The van der Waals surface area contributed by atoms with E-state index in [9.17, 15) is 0 Å². The summed E-state index contributed by atoms with van der Waals surface area (Å²) in [7, 11) is -2.18. The first-order valence-electron chi connectivity index (χ1n) is 19.0. The fourth-order valence-corrected chi connectivity index (χ4v) is 12.2. The number of hydrogen-bond donors (Lipinski definition) is 0. The first-order chi connectivity index (χ1) is 27.0. The van der Waals surface area contributed by atoms with Crippen molar-refractivity contribution in [3.05, 3.63) is 194 Å². The Kier molecular flexibility index (Phi) is 7.97. The highest BCUT2D eigenvalue weighted by Gasteiger charge is 2.43. The van der Waals surface area contributed by atoms with E-state index in [1.165, 1.54) is 60.1 Å². The van der Waals surface area contributed by atoms with Gasteiger partial charge in [0.25, 0.3) is 0 Å². The summed E-state index contributed by atoms with van der Waals surface area (Å²) in [5, 5.41) is 5.40. The van der Waals surface area contributed by atoms with E-state index < -0.39 is 8.07 Å². The second-order valence-corrected chi connectivity index (χ2v) is 19.3. The van der Waals surface area contributed by atoms with Gasteiger partial charge in [0.15, 0.2) is 5.82 Å². The predicted molar refractivity (Wildman–Crippen MR) is 234 cm³/mol. The number of aromatic nitrogens is 2. The second-order valence-electron chi connectivity index (χ2n) is 15.0. The molecule has 0 saturated heterocycles. The Balaban J connectivity index is 1.10. The molecule has 0 unspecified atom stereocenters. The molecule has 1 aliphatic rings. The molecule has 0 amide bonds. The summed E-state index contributed by atoms with van der Waals surface area (Å²) >= 11 is 0. The van der Waals surface area contributed by atoms with Crippen molar-refractivity contribution in [1.82, 2.24) is 9.97 Å². The van der Waals surface area contributed by atoms with E-state index >= 15 is 0 Å². The van der Waals surface area contributed by atoms with Crippen LogP contribution in [0.15, 0.2) is 194 Å². The highest BCUT2D eigenvalue weighted by molar-refractivity contribution is 7.05. The van der Waals surface area contributed by atoms with E-state index in [2.05, 4.69) is 207 Å². The highest BCUT2D eigenvalue weighted by Crippen LogP contribution is 2.38. The van der Waals surface area contributed by atoms with Gasteiger partial charge < -0.3 is 0 Å². The lowest BCUT2D eigenvalue weighted by Gasteiger charge is -2.23. The van der Waals surface area contributed by atoms with E-state index in [0.717, 1.165) is 39.5 Å². The quantitative estimate of drug-likeness (QED) is 0.160. The molecule has 2 nitrogen and oxygen atoms in total. The number of benzene rings is 8. The van der Waals surface area contributed by atoms with Crippen molar-refractivity contribution in [2.75, 3.05) is 0 Å². The topological polar surface area (TPSA) is 25.8 Å². The molecule has 260 valence electrons. The van der Waals surface area contributed by atoms with E-state index in [4.69, 9.17) is 9.97 Å². The van der Waals surface area contributed by atoms with Gasteiger partial charge in [-0.25, -0.2) is 9.97 Å². The molecule has 0 aliphatic carbocycles. The van der Waals surface area contributed by atoms with Gasteiger partial charge in [-0.05, 0) is 96.0 Å². The van der Waals surface area contributed by atoms with Crippen molar-refractivity contribution in [2.24, 2.45) is 0 Å². The smallest absolute Gasteiger partial charge is 0.160 e. The lowest BCUT2D eigenvalue weighted by molar-refractivity contribution is 1.20. The SMILES string of the molecule is C[Si]1(C)c2c(-c3ccccc3)nc(-c3cccc(-c4cccc(-c5cc(-c6ccccc6)cc(-c6ccccc6)c5)c4)c3)nc2-c2ccc3ccccc3c21. The summed E-state index contributed by atoms with van der Waals surface area (Å²) in [6.07, 6.45) is 0. The minimum atomic E-state index is -2.18. The van der Waals surface area contributed by atoms with Crippen LogP contribution < -0.4 is 10.4 Å². The van der Waals surface area contributed by atoms with Gasteiger partial charge in [0.1, 0.15) is 8.07 Å². The molecule has 1 aromatic heterocycles. The van der Waals surface area contributed by atoms with E-state index in [-0.39, 0.29) is 0 Å². The van der Waals surface area contributed by atoms with Gasteiger partial charge in [0.05, 0.1) is 11.4 Å². The normalized spacial score (nSPS) is 12.7. The predicted octanol–water partition coefficient (Wildman–Crippen LogP) is 12.4. The lowest BCUT2D eigenvalue weighted by atomic mass is 9.92. The number of hydrogen-bond acceptors (Lipinski definition) is 2. The van der Waals surface area contributed by atoms with Crippen LogP contribution >= 0.6 is 0 Å². The standard InChI is InChI=1S/C52H38N2Si/c1-55(2)50-46-27-13-12-20-37(46)28-29-47(50)49-51(55)48(38-21-10-5-11-22-38)53-52(54-49)42-26-15-24-40(31-42)39-23-14-25-41(30-39)45-33-43(35-16-6-3-7-17-35)32-44(34-45)36-18-8-4-9-19-36/h3-34H,1-2H3. The zero-order valence-corrected chi connectivity index (χ0v) is 31.9. The molecule has 0 radical (unpaired) electrons. The third kappa shape index (κ3) is 5.81. The fraction of sp³-hybridized carbons (Fsp3) is 0.0385. The third-order valence-electron chi connectivity index (χ3n) is 11.2. The third-order valence-corrected chi connectivity index (χ3v) is 14.7. The molecule has 0 bridgehead atoms. The summed E-state index contributed by atoms with van der Waals surface area (Å²) < 4.78 is 0. The summed E-state index contributed by atoms with van der Waals surface area (Å²) in [6, 6.07) is 69.9. The van der Waals surface area contributed by atoms with Gasteiger partial charge in [0, 0.05) is 16.7 Å². The van der Waals surface area contributed by atoms with Crippen molar-refractivity contribution in [3.63, 3.8) is 0 Å². The van der Waals surface area contributed by atoms with Crippen LogP contribution in [-0.2, 0) is 0 Å². The Morgan fingerprint density at radius 2 is 0.764 bits per heavy atom. The van der Waals surface area contributed by atoms with Crippen molar-refractivity contribution >= 4 is 29.2 Å². The highest BCUT2D eigenvalue weighted by atomic mass is 28.3. The number of rotatable bonds is 6. The molecule has 0 N–H and O–H groups in total. The Morgan fingerprint density at radius 3 is 1.38 bits per heavy atom. The molecule has 0 spiro atoms. The van der Waals surface area contributed by atoms with Crippen molar-refractivity contribution in [1.29, 1.82) is 0 Å². The first-order valence-corrected chi connectivity index (χ1v) is 22.0. The van der Waals surface area contributed by atoms with Crippen molar-refractivity contribution in [2.45, 2.75) is 13.1 Å². The van der Waals surface area contributed by atoms with E-state index in [1.54, 1.807) is 0 Å². The molecule has 0 saturated carbocycles. The molecule has 55 heavy (non-hydrogen) atoms. The van der Waals surface area contributed by atoms with Crippen molar-refractivity contribution < 1.29 is 0 Å². The molecule has 1 aliphatic heterocycles.